The first-order chi connectivity index (χ1) is 13.4. The van der Waals surface area contributed by atoms with Crippen molar-refractivity contribution in [3.8, 4) is 0 Å². The van der Waals surface area contributed by atoms with Crippen LogP contribution in [-0.4, -0.2) is 47.6 Å². The lowest BCUT2D eigenvalue weighted by molar-refractivity contribution is -0.121. The second kappa shape index (κ2) is 7.33. The molecule has 0 unspecified atom stereocenters. The van der Waals surface area contributed by atoms with Crippen LogP contribution in [0, 0.1) is 6.92 Å². The molecule has 4 rings (SSSR count). The van der Waals surface area contributed by atoms with E-state index in [0.717, 1.165) is 5.39 Å². The van der Waals surface area contributed by atoms with Crippen LogP contribution in [0.5, 0.6) is 0 Å². The van der Waals surface area contributed by atoms with Crippen molar-refractivity contribution in [1.29, 1.82) is 0 Å². The van der Waals surface area contributed by atoms with Crippen LogP contribution in [0.15, 0.2) is 39.5 Å². The number of hydrogen-bond donors (Lipinski definition) is 1. The Balaban J connectivity index is 1.63. The van der Waals surface area contributed by atoms with E-state index in [0.29, 0.717) is 41.0 Å². The zero-order valence-corrected chi connectivity index (χ0v) is 16.2. The van der Waals surface area contributed by atoms with E-state index in [2.05, 4.69) is 15.2 Å². The smallest absolute Gasteiger partial charge is 0.346 e. The van der Waals surface area contributed by atoms with Crippen molar-refractivity contribution in [2.45, 2.75) is 33.0 Å². The molecular weight excluding hydrogens is 358 g/mol. The average molecular weight is 381 g/mol. The molecule has 3 heterocycles. The Labute approximate surface area is 162 Å². The SMILES string of the molecule is Cc1cc(NC(=O)CN2C[C@@H](C)O[C@H](C)C2)nc2c1c(=O)oc1ccccc12. The summed E-state index contributed by atoms with van der Waals surface area (Å²) < 4.78 is 11.1. The van der Waals surface area contributed by atoms with E-state index in [9.17, 15) is 9.59 Å². The molecule has 0 spiro atoms. The highest BCUT2D eigenvalue weighted by Gasteiger charge is 2.24. The van der Waals surface area contributed by atoms with Gasteiger partial charge in [-0.3, -0.25) is 9.69 Å². The number of benzene rings is 1. The maximum Gasteiger partial charge on any atom is 0.346 e. The summed E-state index contributed by atoms with van der Waals surface area (Å²) >= 11 is 0. The van der Waals surface area contributed by atoms with Crippen LogP contribution < -0.4 is 10.9 Å². The topological polar surface area (TPSA) is 84.7 Å². The molecule has 0 radical (unpaired) electrons. The van der Waals surface area contributed by atoms with Gasteiger partial charge in [-0.05, 0) is 44.5 Å². The van der Waals surface area contributed by atoms with Crippen molar-refractivity contribution in [3.63, 3.8) is 0 Å². The van der Waals surface area contributed by atoms with Crippen LogP contribution in [0.25, 0.3) is 21.9 Å². The molecule has 2 aromatic heterocycles. The summed E-state index contributed by atoms with van der Waals surface area (Å²) in [6.07, 6.45) is 0.200. The number of fused-ring (bicyclic) bond motifs is 3. The number of carbonyl (C=O) groups is 1. The van der Waals surface area contributed by atoms with Crippen molar-refractivity contribution in [2.24, 2.45) is 0 Å². The highest BCUT2D eigenvalue weighted by Crippen LogP contribution is 2.25. The van der Waals surface area contributed by atoms with Crippen molar-refractivity contribution < 1.29 is 13.9 Å². The van der Waals surface area contributed by atoms with Crippen molar-refractivity contribution in [1.82, 2.24) is 9.88 Å². The third kappa shape index (κ3) is 3.63. The predicted octanol–water partition coefficient (Wildman–Crippen LogP) is 2.70. The van der Waals surface area contributed by atoms with Gasteiger partial charge in [-0.15, -0.1) is 0 Å². The number of pyridine rings is 1. The van der Waals surface area contributed by atoms with Crippen LogP contribution >= 0.6 is 0 Å². The highest BCUT2D eigenvalue weighted by atomic mass is 16.5. The van der Waals surface area contributed by atoms with Gasteiger partial charge < -0.3 is 14.5 Å². The monoisotopic (exact) mass is 381 g/mol. The lowest BCUT2D eigenvalue weighted by atomic mass is 10.1. The lowest BCUT2D eigenvalue weighted by Gasteiger charge is -2.34. The first-order valence-corrected chi connectivity index (χ1v) is 9.41. The minimum absolute atomic E-state index is 0.100. The molecule has 7 nitrogen and oxygen atoms in total. The summed E-state index contributed by atoms with van der Waals surface area (Å²) in [5.41, 5.74) is 1.31. The predicted molar refractivity (Wildman–Crippen MR) is 108 cm³/mol. The number of anilines is 1. The molecule has 1 N–H and O–H groups in total. The maximum absolute atomic E-state index is 12.6. The van der Waals surface area contributed by atoms with Gasteiger partial charge >= 0.3 is 5.63 Å². The van der Waals surface area contributed by atoms with E-state index in [1.165, 1.54) is 0 Å². The number of morpholine rings is 1. The van der Waals surface area contributed by atoms with Crippen LogP contribution in [0.1, 0.15) is 19.4 Å². The molecule has 0 aliphatic carbocycles. The number of hydrogen-bond acceptors (Lipinski definition) is 6. The van der Waals surface area contributed by atoms with Gasteiger partial charge in [-0.1, -0.05) is 12.1 Å². The Morgan fingerprint density at radius 2 is 1.96 bits per heavy atom. The molecule has 0 saturated carbocycles. The lowest BCUT2D eigenvalue weighted by Crippen LogP contribution is -2.48. The van der Waals surface area contributed by atoms with E-state index in [1.807, 2.05) is 32.9 Å². The quantitative estimate of drug-likeness (QED) is 0.555. The Kier molecular flexibility index (Phi) is 4.87. The molecule has 3 aromatic rings. The van der Waals surface area contributed by atoms with Crippen molar-refractivity contribution >= 4 is 33.6 Å². The number of nitrogens with one attached hydrogen (secondary N) is 1. The molecule has 1 saturated heterocycles. The van der Waals surface area contributed by atoms with Gasteiger partial charge in [0.15, 0.2) is 0 Å². The molecule has 1 aliphatic rings. The largest absolute Gasteiger partial charge is 0.422 e. The first kappa shape index (κ1) is 18.6. The number of rotatable bonds is 3. The summed E-state index contributed by atoms with van der Waals surface area (Å²) in [5, 5.41) is 4.05. The normalized spacial score (nSPS) is 20.5. The van der Waals surface area contributed by atoms with Crippen molar-refractivity contribution in [3.05, 3.63) is 46.3 Å². The second-order valence-electron chi connectivity index (χ2n) is 7.43. The van der Waals surface area contributed by atoms with Crippen molar-refractivity contribution in [2.75, 3.05) is 25.0 Å². The molecule has 1 amide bonds. The van der Waals surface area contributed by atoms with E-state index in [1.54, 1.807) is 18.2 Å². The number of carbonyl (C=O) groups excluding carboxylic acids is 1. The number of para-hydroxylation sites is 1. The fraction of sp³-hybridized carbons (Fsp3) is 0.381. The maximum atomic E-state index is 12.6. The molecule has 146 valence electrons. The number of aromatic nitrogens is 1. The van der Waals surface area contributed by atoms with Crippen LogP contribution in [-0.2, 0) is 9.53 Å². The second-order valence-corrected chi connectivity index (χ2v) is 7.43. The summed E-state index contributed by atoms with van der Waals surface area (Å²) in [4.78, 5) is 31.5. The Morgan fingerprint density at radius 3 is 2.71 bits per heavy atom. The van der Waals surface area contributed by atoms with Gasteiger partial charge in [0.2, 0.25) is 5.91 Å². The third-order valence-corrected chi connectivity index (χ3v) is 4.90. The van der Waals surface area contributed by atoms with Gasteiger partial charge in [0.05, 0.1) is 29.7 Å². The Morgan fingerprint density at radius 1 is 1.25 bits per heavy atom. The molecule has 1 aromatic carbocycles. The third-order valence-electron chi connectivity index (χ3n) is 4.90. The first-order valence-electron chi connectivity index (χ1n) is 9.41. The summed E-state index contributed by atoms with van der Waals surface area (Å²) in [6, 6.07) is 8.97. The van der Waals surface area contributed by atoms with E-state index in [-0.39, 0.29) is 24.7 Å². The number of nitrogens with zero attached hydrogens (tertiary/aromatic N) is 2. The Hall–Kier alpha value is -2.77. The molecule has 7 heteroatoms. The van der Waals surface area contributed by atoms with Crippen LogP contribution in [0.4, 0.5) is 5.82 Å². The summed E-state index contributed by atoms with van der Waals surface area (Å²) in [6.45, 7) is 7.53. The van der Waals surface area contributed by atoms with Gasteiger partial charge in [0, 0.05) is 18.5 Å². The molecule has 2 atom stereocenters. The molecule has 1 aliphatic heterocycles. The fourth-order valence-corrected chi connectivity index (χ4v) is 3.89. The molecular formula is C21H23N3O4. The summed E-state index contributed by atoms with van der Waals surface area (Å²) in [5.74, 6) is 0.292. The zero-order chi connectivity index (χ0) is 19.8. The van der Waals surface area contributed by atoms with Crippen LogP contribution in [0.2, 0.25) is 0 Å². The molecule has 0 bridgehead atoms. The Bertz CT molecular complexity index is 1100. The van der Waals surface area contributed by atoms with Gasteiger partial charge in [0.25, 0.3) is 0 Å². The minimum atomic E-state index is -0.423. The number of ether oxygens (including phenoxy) is 1. The average Bonchev–Trinajstić information content (AvgIpc) is 2.60. The van der Waals surface area contributed by atoms with Gasteiger partial charge in [-0.2, -0.15) is 0 Å². The highest BCUT2D eigenvalue weighted by molar-refractivity contribution is 6.04. The minimum Gasteiger partial charge on any atom is -0.422 e. The standard InChI is InChI=1S/C21H23N3O4/c1-12-8-17(22-18(25)11-24-9-13(2)27-14(3)10-24)23-20-15-6-4-5-7-16(15)28-21(26)19(12)20/h4-8,13-14H,9-11H2,1-3H3,(H,22,23,25)/t13-,14-/m1/s1. The van der Waals surface area contributed by atoms with Gasteiger partial charge in [-0.25, -0.2) is 9.78 Å². The number of amides is 1. The van der Waals surface area contributed by atoms with E-state index >= 15 is 0 Å². The molecule has 28 heavy (non-hydrogen) atoms. The number of aryl methyl sites for hydroxylation is 1. The van der Waals surface area contributed by atoms with E-state index in [4.69, 9.17) is 9.15 Å². The van der Waals surface area contributed by atoms with E-state index < -0.39 is 5.63 Å². The zero-order valence-electron chi connectivity index (χ0n) is 16.2. The summed E-state index contributed by atoms with van der Waals surface area (Å²) in [7, 11) is 0. The molecule has 1 fully saturated rings. The van der Waals surface area contributed by atoms with Gasteiger partial charge in [0.1, 0.15) is 11.4 Å². The van der Waals surface area contributed by atoms with Crippen LogP contribution in [0.3, 0.4) is 0 Å². The fourth-order valence-electron chi connectivity index (χ4n) is 3.89.